The molecule has 1 heteroatoms. The largest absolute Gasteiger partial charge is 2.00 e. The van der Waals surface area contributed by atoms with Crippen LogP contribution in [0.5, 0.6) is 0 Å². The fourth-order valence-electron chi connectivity index (χ4n) is 5.30. The number of hydrogen-bond donors (Lipinski definition) is 0. The standard InChI is InChI=1S/2C21H19.Ba/c2*1-4-10-18(11-5-1)16-17-21(19-12-6-2-7-13-19)20-14-8-3-9-15-20;/h2*1-15H,16-17H2;/q2*-1;+2. The first-order valence-corrected chi connectivity index (χ1v) is 14.9. The summed E-state index contributed by atoms with van der Waals surface area (Å²) in [6, 6.07) is 64.2. The molecule has 0 saturated carbocycles. The molecule has 0 aliphatic heterocycles. The van der Waals surface area contributed by atoms with E-state index in [-0.39, 0.29) is 48.9 Å². The third-order valence-electron chi connectivity index (χ3n) is 7.50. The second-order valence-electron chi connectivity index (χ2n) is 10.4. The van der Waals surface area contributed by atoms with Gasteiger partial charge in [-0.3, -0.25) is 0 Å². The van der Waals surface area contributed by atoms with Gasteiger partial charge in [0.05, 0.1) is 0 Å². The summed E-state index contributed by atoms with van der Waals surface area (Å²) < 4.78 is 0. The molecule has 0 nitrogen and oxygen atoms in total. The van der Waals surface area contributed by atoms with Crippen LogP contribution in [-0.4, -0.2) is 48.9 Å². The van der Waals surface area contributed by atoms with Crippen molar-refractivity contribution in [1.82, 2.24) is 0 Å². The molecule has 0 radical (unpaired) electrons. The predicted molar refractivity (Wildman–Crippen MR) is 184 cm³/mol. The van der Waals surface area contributed by atoms with Crippen LogP contribution >= 0.6 is 0 Å². The molecule has 0 aromatic heterocycles. The van der Waals surface area contributed by atoms with Gasteiger partial charge in [0.15, 0.2) is 0 Å². The van der Waals surface area contributed by atoms with Crippen molar-refractivity contribution >= 4 is 48.9 Å². The molecule has 0 heterocycles. The number of aryl methyl sites for hydroxylation is 2. The molecule has 0 amide bonds. The zero-order chi connectivity index (χ0) is 28.7. The summed E-state index contributed by atoms with van der Waals surface area (Å²) in [5.74, 6) is 2.83. The summed E-state index contributed by atoms with van der Waals surface area (Å²) in [6.07, 6.45) is 4.25. The SMILES string of the molecule is [Ba+2].c1ccc(CC[C-](c2ccccc2)c2ccccc2)cc1.c1ccc(CC[C-](c2ccccc2)c2ccccc2)cc1. The zero-order valence-corrected chi connectivity index (χ0v) is 29.3. The summed E-state index contributed by atoms with van der Waals surface area (Å²) in [4.78, 5) is 0. The molecular weight excluding hydrogens is 642 g/mol. The Bertz CT molecular complexity index is 1330. The quantitative estimate of drug-likeness (QED) is 0.0999. The van der Waals surface area contributed by atoms with Crippen LogP contribution in [0, 0.1) is 11.8 Å². The third kappa shape index (κ3) is 10.4. The molecule has 0 fully saturated rings. The molecule has 6 rings (SSSR count). The van der Waals surface area contributed by atoms with Crippen LogP contribution in [0.3, 0.4) is 0 Å². The maximum Gasteiger partial charge on any atom is 2.00 e. The minimum Gasteiger partial charge on any atom is -0.120 e. The van der Waals surface area contributed by atoms with E-state index in [1.54, 1.807) is 0 Å². The Kier molecular flexibility index (Phi) is 13.9. The van der Waals surface area contributed by atoms with Crippen LogP contribution in [0.15, 0.2) is 182 Å². The van der Waals surface area contributed by atoms with Crippen molar-refractivity contribution in [2.75, 3.05) is 0 Å². The maximum absolute atomic E-state index is 2.20. The van der Waals surface area contributed by atoms with Crippen molar-refractivity contribution in [2.24, 2.45) is 0 Å². The van der Waals surface area contributed by atoms with E-state index in [4.69, 9.17) is 0 Å². The molecule has 0 atom stereocenters. The van der Waals surface area contributed by atoms with Crippen LogP contribution in [0.1, 0.15) is 46.2 Å². The van der Waals surface area contributed by atoms with Crippen molar-refractivity contribution in [3.63, 3.8) is 0 Å². The van der Waals surface area contributed by atoms with Gasteiger partial charge >= 0.3 is 48.9 Å². The monoisotopic (exact) mass is 680 g/mol. The molecule has 0 spiro atoms. The summed E-state index contributed by atoms with van der Waals surface area (Å²) in [5.41, 5.74) is 8.06. The Hall–Kier alpha value is -3.37. The Morgan fingerprint density at radius 2 is 0.488 bits per heavy atom. The molecule has 208 valence electrons. The minimum absolute atomic E-state index is 0. The van der Waals surface area contributed by atoms with Gasteiger partial charge in [-0.25, -0.2) is 0 Å². The summed E-state index contributed by atoms with van der Waals surface area (Å²) >= 11 is 0. The molecule has 43 heavy (non-hydrogen) atoms. The van der Waals surface area contributed by atoms with Gasteiger partial charge in [-0.1, -0.05) is 146 Å². The van der Waals surface area contributed by atoms with E-state index >= 15 is 0 Å². The number of benzene rings is 6. The van der Waals surface area contributed by atoms with E-state index < -0.39 is 0 Å². The normalized spacial score (nSPS) is 10.0. The van der Waals surface area contributed by atoms with Crippen molar-refractivity contribution in [1.29, 1.82) is 0 Å². The van der Waals surface area contributed by atoms with Crippen molar-refractivity contribution < 1.29 is 0 Å². The number of rotatable bonds is 10. The Balaban J connectivity index is 0.000000192. The Morgan fingerprint density at radius 1 is 0.279 bits per heavy atom. The van der Waals surface area contributed by atoms with Gasteiger partial charge in [0.25, 0.3) is 0 Å². The summed E-state index contributed by atoms with van der Waals surface area (Å²) in [5, 5.41) is 0. The van der Waals surface area contributed by atoms with Gasteiger partial charge in [0.1, 0.15) is 0 Å². The van der Waals surface area contributed by atoms with Gasteiger partial charge in [-0.15, -0.1) is 82.6 Å². The summed E-state index contributed by atoms with van der Waals surface area (Å²) in [7, 11) is 0. The van der Waals surface area contributed by atoms with Crippen LogP contribution in [-0.2, 0) is 12.8 Å². The van der Waals surface area contributed by atoms with Crippen LogP contribution < -0.4 is 0 Å². The van der Waals surface area contributed by atoms with E-state index in [1.165, 1.54) is 45.2 Å². The molecular formula is C42H38Ba. The van der Waals surface area contributed by atoms with Gasteiger partial charge in [-0.2, -0.15) is 0 Å². The maximum atomic E-state index is 2.20. The van der Waals surface area contributed by atoms with Crippen LogP contribution in [0.25, 0.3) is 0 Å². The Morgan fingerprint density at radius 3 is 0.721 bits per heavy atom. The van der Waals surface area contributed by atoms with E-state index in [0.717, 1.165) is 25.7 Å². The molecule has 0 unspecified atom stereocenters. The van der Waals surface area contributed by atoms with Crippen molar-refractivity contribution in [3.05, 3.63) is 227 Å². The van der Waals surface area contributed by atoms with Gasteiger partial charge < -0.3 is 0 Å². The topological polar surface area (TPSA) is 0 Å². The molecule has 0 bridgehead atoms. The smallest absolute Gasteiger partial charge is 0.120 e. The van der Waals surface area contributed by atoms with Gasteiger partial charge in [0, 0.05) is 0 Å². The third-order valence-corrected chi connectivity index (χ3v) is 7.50. The zero-order valence-electron chi connectivity index (χ0n) is 24.9. The second-order valence-corrected chi connectivity index (χ2v) is 10.4. The van der Waals surface area contributed by atoms with Crippen LogP contribution in [0.4, 0.5) is 0 Å². The average molecular weight is 680 g/mol. The fraction of sp³-hybridized carbons (Fsp3) is 0.0952. The van der Waals surface area contributed by atoms with E-state index in [9.17, 15) is 0 Å². The molecule has 6 aromatic rings. The molecule has 6 aromatic carbocycles. The average Bonchev–Trinajstić information content (AvgIpc) is 3.08. The van der Waals surface area contributed by atoms with Crippen molar-refractivity contribution in [2.45, 2.75) is 25.7 Å². The van der Waals surface area contributed by atoms with E-state index in [0.29, 0.717) is 0 Å². The Labute approximate surface area is 298 Å². The first kappa shape index (κ1) is 32.5. The minimum atomic E-state index is 0. The first-order valence-electron chi connectivity index (χ1n) is 14.9. The molecule has 0 N–H and O–H groups in total. The molecule has 0 aliphatic rings. The number of hydrogen-bond acceptors (Lipinski definition) is 0. The fourth-order valence-corrected chi connectivity index (χ4v) is 5.30. The van der Waals surface area contributed by atoms with Gasteiger partial charge in [-0.05, 0) is 24.0 Å². The molecule has 0 aliphatic carbocycles. The summed E-state index contributed by atoms with van der Waals surface area (Å²) in [6.45, 7) is 0. The van der Waals surface area contributed by atoms with E-state index in [1.807, 2.05) is 0 Å². The van der Waals surface area contributed by atoms with Crippen LogP contribution in [0.2, 0.25) is 0 Å². The van der Waals surface area contributed by atoms with Gasteiger partial charge in [0.2, 0.25) is 0 Å². The molecule has 0 saturated heterocycles. The second kappa shape index (κ2) is 18.3. The van der Waals surface area contributed by atoms with Crippen molar-refractivity contribution in [3.8, 4) is 0 Å². The predicted octanol–water partition coefficient (Wildman–Crippen LogP) is 10.2. The first-order chi connectivity index (χ1) is 20.9. The van der Waals surface area contributed by atoms with E-state index in [2.05, 4.69) is 182 Å².